The number of hydrogen-bond acceptors (Lipinski definition) is 7. The van der Waals surface area contributed by atoms with E-state index in [1.165, 1.54) is 35.6 Å². The zero-order valence-electron chi connectivity index (χ0n) is 8.75. The van der Waals surface area contributed by atoms with Gasteiger partial charge < -0.3 is 10.8 Å². The van der Waals surface area contributed by atoms with Gasteiger partial charge in [0.25, 0.3) is 0 Å². The smallest absolute Gasteiger partial charge is 0.337 e. The molecule has 0 amide bonds. The van der Waals surface area contributed by atoms with Gasteiger partial charge in [0.1, 0.15) is 10.9 Å². The lowest BCUT2D eigenvalue weighted by atomic mass is 10.2. The molecule has 6 nitrogen and oxygen atoms in total. The maximum absolute atomic E-state index is 10.9. The third-order valence-electron chi connectivity index (χ3n) is 1.84. The molecule has 0 aliphatic heterocycles. The van der Waals surface area contributed by atoms with Crippen LogP contribution in [-0.2, 0) is 0 Å². The number of anilines is 1. The van der Waals surface area contributed by atoms with Crippen molar-refractivity contribution in [3.63, 3.8) is 0 Å². The Balaban J connectivity index is 2.28. The van der Waals surface area contributed by atoms with E-state index in [2.05, 4.69) is 14.3 Å². The van der Waals surface area contributed by atoms with Gasteiger partial charge in [-0.05, 0) is 36.3 Å². The first-order valence-corrected chi connectivity index (χ1v) is 6.12. The Bertz CT molecular complexity index is 570. The van der Waals surface area contributed by atoms with Gasteiger partial charge in [0, 0.05) is 0 Å². The topological polar surface area (TPSA) is 102 Å². The predicted molar refractivity (Wildman–Crippen MR) is 64.4 cm³/mol. The maximum Gasteiger partial charge on any atom is 0.337 e. The van der Waals surface area contributed by atoms with Gasteiger partial charge in [0.15, 0.2) is 4.34 Å². The van der Waals surface area contributed by atoms with Crippen LogP contribution in [0.5, 0.6) is 0 Å². The number of rotatable bonds is 3. The molecule has 3 N–H and O–H groups in total. The number of nitrogens with two attached hydrogens (primary N) is 1. The maximum atomic E-state index is 10.9. The Morgan fingerprint density at radius 2 is 2.35 bits per heavy atom. The summed E-state index contributed by atoms with van der Waals surface area (Å²) in [6.07, 6.45) is 1.33. The van der Waals surface area contributed by atoms with Gasteiger partial charge in [-0.1, -0.05) is 0 Å². The summed E-state index contributed by atoms with van der Waals surface area (Å²) in [5, 5.41) is 9.45. The number of aromatic carboxylic acids is 1. The molecule has 0 aromatic carbocycles. The summed E-state index contributed by atoms with van der Waals surface area (Å²) in [6, 6.07) is 1.43. The summed E-state index contributed by atoms with van der Waals surface area (Å²) < 4.78 is 4.75. The van der Waals surface area contributed by atoms with Crippen LogP contribution in [0.4, 0.5) is 5.69 Å². The van der Waals surface area contributed by atoms with Gasteiger partial charge in [-0.15, -0.1) is 0 Å². The van der Waals surface area contributed by atoms with Crippen molar-refractivity contribution < 1.29 is 9.90 Å². The SMILES string of the molecule is Cc1nsc(Sc2cc(C(=O)O)c(N)cn2)n1. The van der Waals surface area contributed by atoms with Crippen molar-refractivity contribution in [2.45, 2.75) is 16.3 Å². The van der Waals surface area contributed by atoms with Crippen LogP contribution in [0.1, 0.15) is 16.2 Å². The van der Waals surface area contributed by atoms with Crippen molar-refractivity contribution in [1.82, 2.24) is 14.3 Å². The fourth-order valence-electron chi connectivity index (χ4n) is 1.10. The van der Waals surface area contributed by atoms with Crippen LogP contribution in [-0.4, -0.2) is 25.4 Å². The first kappa shape index (κ1) is 11.8. The van der Waals surface area contributed by atoms with Gasteiger partial charge in [-0.3, -0.25) is 0 Å². The van der Waals surface area contributed by atoms with Crippen molar-refractivity contribution in [3.8, 4) is 0 Å². The molecule has 2 aromatic heterocycles. The van der Waals surface area contributed by atoms with Gasteiger partial charge in [-0.25, -0.2) is 14.8 Å². The van der Waals surface area contributed by atoms with Crippen molar-refractivity contribution in [2.75, 3.05) is 5.73 Å². The van der Waals surface area contributed by atoms with E-state index in [-0.39, 0.29) is 11.3 Å². The summed E-state index contributed by atoms with van der Waals surface area (Å²) in [4.78, 5) is 19.1. The highest BCUT2D eigenvalue weighted by atomic mass is 32.2. The van der Waals surface area contributed by atoms with E-state index >= 15 is 0 Å². The Kier molecular flexibility index (Phi) is 3.25. The quantitative estimate of drug-likeness (QED) is 0.872. The van der Waals surface area contributed by atoms with Crippen LogP contribution >= 0.6 is 23.3 Å². The molecule has 2 heterocycles. The van der Waals surface area contributed by atoms with E-state index in [9.17, 15) is 4.79 Å². The number of hydrogen-bond donors (Lipinski definition) is 2. The number of aryl methyl sites for hydroxylation is 1. The molecule has 0 spiro atoms. The number of carboxylic acid groups (broad SMARTS) is 1. The van der Waals surface area contributed by atoms with Gasteiger partial charge in [0.05, 0.1) is 17.4 Å². The summed E-state index contributed by atoms with van der Waals surface area (Å²) in [5.74, 6) is -0.383. The Labute approximate surface area is 105 Å². The van der Waals surface area contributed by atoms with Crippen LogP contribution < -0.4 is 5.73 Å². The molecule has 2 aromatic rings. The number of nitrogens with zero attached hydrogens (tertiary/aromatic N) is 3. The highest BCUT2D eigenvalue weighted by molar-refractivity contribution is 8.00. The summed E-state index contributed by atoms with van der Waals surface area (Å²) in [6.45, 7) is 1.79. The lowest BCUT2D eigenvalue weighted by Gasteiger charge is -2.02. The molecule has 0 bridgehead atoms. The molecule has 0 aliphatic carbocycles. The molecule has 0 saturated heterocycles. The van der Waals surface area contributed by atoms with Crippen molar-refractivity contribution >= 4 is 35.0 Å². The standard InChI is InChI=1S/C9H8N4O2S2/c1-4-12-9(17-13-4)16-7-2-5(8(14)15)6(10)3-11-7/h2-3H,10H2,1H3,(H,14,15). The Morgan fingerprint density at radius 3 is 2.94 bits per heavy atom. The first-order valence-electron chi connectivity index (χ1n) is 4.53. The summed E-state index contributed by atoms with van der Waals surface area (Å²) in [5.41, 5.74) is 5.70. The van der Waals surface area contributed by atoms with Crippen molar-refractivity contribution in [2.24, 2.45) is 0 Å². The Morgan fingerprint density at radius 1 is 1.59 bits per heavy atom. The molecule has 88 valence electrons. The second kappa shape index (κ2) is 4.68. The molecule has 0 atom stereocenters. The molecule has 17 heavy (non-hydrogen) atoms. The van der Waals surface area contributed by atoms with E-state index in [1.54, 1.807) is 6.92 Å². The van der Waals surface area contributed by atoms with Crippen LogP contribution in [0.3, 0.4) is 0 Å². The van der Waals surface area contributed by atoms with E-state index in [4.69, 9.17) is 10.8 Å². The summed E-state index contributed by atoms with van der Waals surface area (Å²) >= 11 is 2.51. The van der Waals surface area contributed by atoms with Gasteiger partial charge >= 0.3 is 5.97 Å². The third-order valence-corrected chi connectivity index (χ3v) is 3.62. The number of aromatic nitrogens is 3. The fourth-order valence-corrected chi connectivity index (χ4v) is 2.68. The fraction of sp³-hybridized carbons (Fsp3) is 0.111. The molecule has 2 rings (SSSR count). The second-order valence-corrected chi connectivity index (χ2v) is 5.14. The van der Waals surface area contributed by atoms with Gasteiger partial charge in [0.2, 0.25) is 0 Å². The highest BCUT2D eigenvalue weighted by Gasteiger charge is 2.11. The number of nitrogen functional groups attached to an aromatic ring is 1. The molecular weight excluding hydrogens is 260 g/mol. The Hall–Kier alpha value is -1.67. The molecular formula is C9H8N4O2S2. The normalized spacial score (nSPS) is 10.4. The average Bonchev–Trinajstić information content (AvgIpc) is 2.66. The predicted octanol–water partition coefficient (Wildman–Crippen LogP) is 1.67. The van der Waals surface area contributed by atoms with Gasteiger partial charge in [-0.2, -0.15) is 4.37 Å². The third kappa shape index (κ3) is 2.71. The van der Waals surface area contributed by atoms with Crippen LogP contribution in [0.25, 0.3) is 0 Å². The number of pyridine rings is 1. The minimum atomic E-state index is -1.07. The number of carboxylic acids is 1. The van der Waals surface area contributed by atoms with Crippen LogP contribution in [0.15, 0.2) is 21.6 Å². The van der Waals surface area contributed by atoms with Crippen LogP contribution in [0, 0.1) is 6.92 Å². The molecule has 8 heteroatoms. The highest BCUT2D eigenvalue weighted by Crippen LogP contribution is 2.28. The molecule has 0 radical (unpaired) electrons. The molecule has 0 aliphatic rings. The summed E-state index contributed by atoms with van der Waals surface area (Å²) in [7, 11) is 0. The second-order valence-electron chi connectivity index (χ2n) is 3.12. The average molecular weight is 268 g/mol. The zero-order valence-corrected chi connectivity index (χ0v) is 10.4. The molecule has 0 unspecified atom stereocenters. The van der Waals surface area contributed by atoms with Crippen molar-refractivity contribution in [1.29, 1.82) is 0 Å². The molecule has 0 saturated carbocycles. The van der Waals surface area contributed by atoms with E-state index in [1.807, 2.05) is 0 Å². The minimum Gasteiger partial charge on any atom is -0.478 e. The monoisotopic (exact) mass is 268 g/mol. The van der Waals surface area contributed by atoms with E-state index in [0.29, 0.717) is 10.9 Å². The van der Waals surface area contributed by atoms with Crippen molar-refractivity contribution in [3.05, 3.63) is 23.7 Å². The lowest BCUT2D eigenvalue weighted by molar-refractivity contribution is 0.0697. The number of carbonyl (C=O) groups is 1. The van der Waals surface area contributed by atoms with E-state index < -0.39 is 5.97 Å². The lowest BCUT2D eigenvalue weighted by Crippen LogP contribution is -2.03. The molecule has 0 fully saturated rings. The zero-order chi connectivity index (χ0) is 12.4. The largest absolute Gasteiger partial charge is 0.478 e. The first-order chi connectivity index (χ1) is 8.06. The van der Waals surface area contributed by atoms with E-state index in [0.717, 1.165) is 4.34 Å². The van der Waals surface area contributed by atoms with Crippen LogP contribution in [0.2, 0.25) is 0 Å². The minimum absolute atomic E-state index is 0.0451.